The number of fused-ring (bicyclic) bond motifs is 1. The Morgan fingerprint density at radius 1 is 1.30 bits per heavy atom. The van der Waals surface area contributed by atoms with Crippen molar-refractivity contribution in [3.63, 3.8) is 0 Å². The van der Waals surface area contributed by atoms with E-state index in [2.05, 4.69) is 16.4 Å². The Kier molecular flexibility index (Phi) is 3.37. The predicted octanol–water partition coefficient (Wildman–Crippen LogP) is 2.83. The first-order valence-corrected chi connectivity index (χ1v) is 6.69. The van der Waals surface area contributed by atoms with Gasteiger partial charge in [0, 0.05) is 6.54 Å². The molecule has 0 radical (unpaired) electrons. The number of pyridine rings is 1. The number of nitrogens with one attached hydrogen (secondary N) is 1. The third-order valence-corrected chi connectivity index (χ3v) is 3.37. The van der Waals surface area contributed by atoms with Gasteiger partial charge in [0.15, 0.2) is 5.78 Å². The molecule has 2 aromatic rings. The second-order valence-electron chi connectivity index (χ2n) is 4.83. The number of anilines is 1. The monoisotopic (exact) mass is 268 g/mol. The van der Waals surface area contributed by atoms with E-state index in [1.54, 1.807) is 13.0 Å². The SMILES string of the molecule is CC(=O)c1ccccc1OCc1ccc2c(n1)NCC2. The second-order valence-corrected chi connectivity index (χ2v) is 4.83. The molecule has 1 aromatic heterocycles. The number of ether oxygens (including phenoxy) is 1. The summed E-state index contributed by atoms with van der Waals surface area (Å²) in [6, 6.07) is 11.3. The van der Waals surface area contributed by atoms with Crippen LogP contribution in [-0.4, -0.2) is 17.3 Å². The molecule has 1 aromatic carbocycles. The molecular weight excluding hydrogens is 252 g/mol. The number of aromatic nitrogens is 1. The lowest BCUT2D eigenvalue weighted by atomic mass is 10.1. The summed E-state index contributed by atoms with van der Waals surface area (Å²) in [5.74, 6) is 1.56. The molecule has 0 unspecified atom stereocenters. The van der Waals surface area contributed by atoms with Crippen molar-refractivity contribution < 1.29 is 9.53 Å². The van der Waals surface area contributed by atoms with Crippen LogP contribution in [0.15, 0.2) is 36.4 Å². The fourth-order valence-electron chi connectivity index (χ4n) is 2.31. The summed E-state index contributed by atoms with van der Waals surface area (Å²) in [4.78, 5) is 16.0. The van der Waals surface area contributed by atoms with Gasteiger partial charge in [-0.15, -0.1) is 0 Å². The van der Waals surface area contributed by atoms with Crippen molar-refractivity contribution in [1.82, 2.24) is 4.98 Å². The van der Waals surface area contributed by atoms with Crippen LogP contribution in [-0.2, 0) is 13.0 Å². The summed E-state index contributed by atoms with van der Waals surface area (Å²) >= 11 is 0. The van der Waals surface area contributed by atoms with Gasteiger partial charge in [-0.05, 0) is 37.1 Å². The van der Waals surface area contributed by atoms with E-state index >= 15 is 0 Å². The molecule has 1 N–H and O–H groups in total. The van der Waals surface area contributed by atoms with E-state index in [1.807, 2.05) is 24.3 Å². The Morgan fingerprint density at radius 3 is 3.00 bits per heavy atom. The van der Waals surface area contributed by atoms with Crippen molar-refractivity contribution in [2.24, 2.45) is 0 Å². The van der Waals surface area contributed by atoms with Crippen LogP contribution >= 0.6 is 0 Å². The number of carbonyl (C=O) groups is 1. The van der Waals surface area contributed by atoms with Crippen LogP contribution in [0.1, 0.15) is 28.5 Å². The van der Waals surface area contributed by atoms with Crippen LogP contribution in [0.2, 0.25) is 0 Å². The van der Waals surface area contributed by atoms with Crippen molar-refractivity contribution in [1.29, 1.82) is 0 Å². The van der Waals surface area contributed by atoms with Gasteiger partial charge in [-0.3, -0.25) is 4.79 Å². The van der Waals surface area contributed by atoms with Crippen molar-refractivity contribution >= 4 is 11.6 Å². The lowest BCUT2D eigenvalue weighted by Gasteiger charge is -2.10. The summed E-state index contributed by atoms with van der Waals surface area (Å²) in [7, 11) is 0. The molecule has 0 aliphatic carbocycles. The maximum atomic E-state index is 11.5. The molecule has 0 saturated carbocycles. The molecule has 0 spiro atoms. The Balaban J connectivity index is 1.75. The molecule has 4 nitrogen and oxygen atoms in total. The number of Topliss-reactive ketones (excluding diaryl/α,β-unsaturated/α-hetero) is 1. The molecule has 0 fully saturated rings. The fraction of sp³-hybridized carbons (Fsp3) is 0.250. The van der Waals surface area contributed by atoms with Gasteiger partial charge >= 0.3 is 0 Å². The topological polar surface area (TPSA) is 51.2 Å². The highest BCUT2D eigenvalue weighted by atomic mass is 16.5. The molecule has 1 aliphatic rings. The van der Waals surface area contributed by atoms with Crippen LogP contribution in [0.25, 0.3) is 0 Å². The number of para-hydroxylation sites is 1. The summed E-state index contributed by atoms with van der Waals surface area (Å²) < 4.78 is 5.73. The standard InChI is InChI=1S/C16H16N2O2/c1-11(19)14-4-2-3-5-15(14)20-10-13-7-6-12-8-9-17-16(12)18-13/h2-7H,8-10H2,1H3,(H,17,18). The van der Waals surface area contributed by atoms with E-state index in [-0.39, 0.29) is 5.78 Å². The third-order valence-electron chi connectivity index (χ3n) is 3.37. The van der Waals surface area contributed by atoms with Crippen LogP contribution in [0, 0.1) is 0 Å². The van der Waals surface area contributed by atoms with E-state index in [9.17, 15) is 4.79 Å². The van der Waals surface area contributed by atoms with Gasteiger partial charge in [-0.2, -0.15) is 0 Å². The highest BCUT2D eigenvalue weighted by Crippen LogP contribution is 2.22. The number of hydrogen-bond donors (Lipinski definition) is 1. The molecule has 0 bridgehead atoms. The average Bonchev–Trinajstić information content (AvgIpc) is 2.92. The van der Waals surface area contributed by atoms with Gasteiger partial charge in [-0.1, -0.05) is 18.2 Å². The Labute approximate surface area is 117 Å². The van der Waals surface area contributed by atoms with E-state index in [4.69, 9.17) is 4.74 Å². The number of nitrogens with zero attached hydrogens (tertiary/aromatic N) is 1. The Bertz CT molecular complexity index is 653. The quantitative estimate of drug-likeness (QED) is 0.866. The minimum atomic E-state index is 0.00387. The number of carbonyl (C=O) groups excluding carboxylic acids is 1. The molecule has 4 heteroatoms. The summed E-state index contributed by atoms with van der Waals surface area (Å²) in [6.07, 6.45) is 1.02. The molecule has 0 atom stereocenters. The highest BCUT2D eigenvalue weighted by molar-refractivity contribution is 5.96. The lowest BCUT2D eigenvalue weighted by Crippen LogP contribution is -2.04. The van der Waals surface area contributed by atoms with Gasteiger partial charge in [0.25, 0.3) is 0 Å². The Hall–Kier alpha value is -2.36. The zero-order chi connectivity index (χ0) is 13.9. The number of rotatable bonds is 4. The van der Waals surface area contributed by atoms with Crippen LogP contribution in [0.4, 0.5) is 5.82 Å². The van der Waals surface area contributed by atoms with E-state index < -0.39 is 0 Å². The molecule has 1 aliphatic heterocycles. The first-order valence-electron chi connectivity index (χ1n) is 6.69. The third kappa shape index (κ3) is 2.50. The zero-order valence-corrected chi connectivity index (χ0v) is 11.3. The van der Waals surface area contributed by atoms with Gasteiger partial charge < -0.3 is 10.1 Å². The Morgan fingerprint density at radius 2 is 2.15 bits per heavy atom. The number of hydrogen-bond acceptors (Lipinski definition) is 4. The molecule has 0 saturated heterocycles. The van der Waals surface area contributed by atoms with E-state index in [1.165, 1.54) is 5.56 Å². The number of ketones is 1. The molecule has 3 rings (SSSR count). The van der Waals surface area contributed by atoms with Crippen LogP contribution in [0.5, 0.6) is 5.75 Å². The predicted molar refractivity (Wildman–Crippen MR) is 77.2 cm³/mol. The van der Waals surface area contributed by atoms with Gasteiger partial charge in [0.1, 0.15) is 18.2 Å². The minimum Gasteiger partial charge on any atom is -0.487 e. The fourth-order valence-corrected chi connectivity index (χ4v) is 2.31. The highest BCUT2D eigenvalue weighted by Gasteiger charge is 2.12. The maximum Gasteiger partial charge on any atom is 0.163 e. The van der Waals surface area contributed by atoms with Gasteiger partial charge in [0.05, 0.1) is 11.3 Å². The van der Waals surface area contributed by atoms with Crippen molar-refractivity contribution in [3.05, 3.63) is 53.2 Å². The summed E-state index contributed by atoms with van der Waals surface area (Å²) in [5, 5.41) is 3.25. The zero-order valence-electron chi connectivity index (χ0n) is 11.3. The summed E-state index contributed by atoms with van der Waals surface area (Å²) in [6.45, 7) is 2.85. The van der Waals surface area contributed by atoms with Crippen molar-refractivity contribution in [2.45, 2.75) is 20.0 Å². The van der Waals surface area contributed by atoms with Crippen molar-refractivity contribution in [3.8, 4) is 5.75 Å². The normalized spacial score (nSPS) is 12.7. The minimum absolute atomic E-state index is 0.00387. The summed E-state index contributed by atoms with van der Waals surface area (Å²) in [5.41, 5.74) is 2.71. The van der Waals surface area contributed by atoms with E-state index in [0.717, 1.165) is 24.5 Å². The van der Waals surface area contributed by atoms with Gasteiger partial charge in [0.2, 0.25) is 0 Å². The molecule has 102 valence electrons. The van der Waals surface area contributed by atoms with Crippen molar-refractivity contribution in [2.75, 3.05) is 11.9 Å². The molecule has 2 heterocycles. The lowest BCUT2D eigenvalue weighted by molar-refractivity contribution is 0.101. The first kappa shape index (κ1) is 12.7. The van der Waals surface area contributed by atoms with E-state index in [0.29, 0.717) is 17.9 Å². The number of benzene rings is 1. The smallest absolute Gasteiger partial charge is 0.163 e. The maximum absolute atomic E-state index is 11.5. The largest absolute Gasteiger partial charge is 0.487 e. The van der Waals surface area contributed by atoms with Crippen LogP contribution in [0.3, 0.4) is 0 Å². The molecular formula is C16H16N2O2. The first-order chi connectivity index (χ1) is 9.74. The van der Waals surface area contributed by atoms with Crippen LogP contribution < -0.4 is 10.1 Å². The van der Waals surface area contributed by atoms with Gasteiger partial charge in [-0.25, -0.2) is 4.98 Å². The average molecular weight is 268 g/mol. The molecule has 0 amide bonds. The molecule has 20 heavy (non-hydrogen) atoms. The second kappa shape index (κ2) is 5.33.